The van der Waals surface area contributed by atoms with Crippen LogP contribution in [0, 0.1) is 11.8 Å². The molecule has 8 amide bonds. The molecule has 0 radical (unpaired) electrons. The number of aliphatic carboxylic acids is 1. The molecule has 21 nitrogen and oxygen atoms in total. The van der Waals surface area contributed by atoms with Gasteiger partial charge in [-0.1, -0.05) is 40.5 Å². The van der Waals surface area contributed by atoms with Crippen molar-refractivity contribution in [2.24, 2.45) is 34.8 Å². The lowest BCUT2D eigenvalue weighted by Gasteiger charge is -2.28. The van der Waals surface area contributed by atoms with Gasteiger partial charge in [0.2, 0.25) is 47.3 Å². The molecule has 0 aromatic carbocycles. The molecule has 0 aliphatic rings. The molecule has 54 heavy (non-hydrogen) atoms. The third-order valence-corrected chi connectivity index (χ3v) is 8.79. The minimum atomic E-state index is -1.66. The Morgan fingerprint density at radius 1 is 0.593 bits per heavy atom. The molecule has 0 heterocycles. The molecule has 0 bridgehead atoms. The molecule has 0 fully saturated rings. The maximum absolute atomic E-state index is 13.5. The van der Waals surface area contributed by atoms with Gasteiger partial charge in [-0.3, -0.25) is 38.4 Å². The van der Waals surface area contributed by atoms with E-state index in [1.807, 2.05) is 0 Å². The largest absolute Gasteiger partial charge is 0.480 e. The molecule has 0 aliphatic heterocycles. The van der Waals surface area contributed by atoms with E-state index < -0.39 is 120 Å². The number of amides is 8. The number of primary amides is 2. The summed E-state index contributed by atoms with van der Waals surface area (Å²) in [5, 5.41) is 34.0. The molecule has 9 atom stereocenters. The number of rotatable bonds is 27. The van der Waals surface area contributed by atoms with Gasteiger partial charge in [0.1, 0.15) is 36.3 Å². The van der Waals surface area contributed by atoms with E-state index in [0.29, 0.717) is 32.2 Å². The Bertz CT molecular complexity index is 1320. The topological polar surface area (TPSA) is 370 Å². The van der Waals surface area contributed by atoms with Gasteiger partial charge in [0.05, 0.1) is 19.1 Å². The lowest BCUT2D eigenvalue weighted by atomic mass is 9.97. The number of hydrogen-bond acceptors (Lipinski definition) is 12. The van der Waals surface area contributed by atoms with Gasteiger partial charge in [-0.2, -0.15) is 0 Å². The average molecular weight is 773 g/mol. The van der Waals surface area contributed by atoms with Crippen LogP contribution in [-0.2, 0) is 43.2 Å². The summed E-state index contributed by atoms with van der Waals surface area (Å²) in [5.41, 5.74) is 21.6. The van der Waals surface area contributed by atoms with Gasteiger partial charge in [0, 0.05) is 6.42 Å². The van der Waals surface area contributed by atoms with Crippen LogP contribution in [-0.4, -0.2) is 119 Å². The smallest absolute Gasteiger partial charge is 0.326 e. The quantitative estimate of drug-likeness (QED) is 0.0352. The van der Waals surface area contributed by atoms with Crippen LogP contribution >= 0.6 is 0 Å². The van der Waals surface area contributed by atoms with Gasteiger partial charge in [-0.05, 0) is 51.0 Å². The van der Waals surface area contributed by atoms with Crippen LogP contribution in [0.2, 0.25) is 0 Å². The number of aliphatic hydroxyl groups is 1. The summed E-state index contributed by atoms with van der Waals surface area (Å²) in [6.07, 6.45) is 0.672. The van der Waals surface area contributed by atoms with E-state index >= 15 is 0 Å². The number of carbonyl (C=O) groups is 9. The fraction of sp³-hybridized carbons (Fsp3) is 0.727. The first-order valence-electron chi connectivity index (χ1n) is 17.9. The molecule has 21 heteroatoms. The molecule has 0 aromatic rings. The first kappa shape index (κ1) is 49.1. The minimum Gasteiger partial charge on any atom is -0.480 e. The normalized spacial score (nSPS) is 16.0. The van der Waals surface area contributed by atoms with Crippen molar-refractivity contribution in [2.45, 2.75) is 128 Å². The van der Waals surface area contributed by atoms with Crippen molar-refractivity contribution in [2.75, 3.05) is 13.2 Å². The van der Waals surface area contributed by atoms with E-state index in [4.69, 9.17) is 22.9 Å². The maximum atomic E-state index is 13.5. The summed E-state index contributed by atoms with van der Waals surface area (Å²) >= 11 is 0. The lowest BCUT2D eigenvalue weighted by molar-refractivity contribution is -0.144. The fourth-order valence-corrected chi connectivity index (χ4v) is 4.93. The van der Waals surface area contributed by atoms with E-state index in [1.54, 1.807) is 27.7 Å². The Hall–Kier alpha value is -4.89. The number of unbranched alkanes of at least 4 members (excludes halogenated alkanes) is 1. The zero-order valence-corrected chi connectivity index (χ0v) is 31.6. The molecule has 308 valence electrons. The second kappa shape index (κ2) is 25.2. The third-order valence-electron chi connectivity index (χ3n) is 8.79. The monoisotopic (exact) mass is 772 g/mol. The average Bonchev–Trinajstić information content (AvgIpc) is 3.11. The second-order valence-electron chi connectivity index (χ2n) is 13.2. The SMILES string of the molecule is CC[C@H](C)[C@H](NC(=O)[C@H](CCC(N)=O)NC(=O)[C@H](CO)NC(=O)[C@@H](NC(=O)[C@H](C)NC(=O)[C@H](CCCCN)NC(=O)[C@@H](N)CC(N)=O)[C@@H](C)CC)C(=O)O. The summed E-state index contributed by atoms with van der Waals surface area (Å²) in [4.78, 5) is 113. The molecular weight excluding hydrogens is 712 g/mol. The van der Waals surface area contributed by atoms with Crippen LogP contribution < -0.4 is 54.8 Å². The number of aliphatic hydroxyl groups excluding tert-OH is 1. The van der Waals surface area contributed by atoms with E-state index in [0.717, 1.165) is 0 Å². The summed E-state index contributed by atoms with van der Waals surface area (Å²) in [6.45, 7) is 7.35. The highest BCUT2D eigenvalue weighted by molar-refractivity contribution is 5.97. The molecule has 0 aliphatic carbocycles. The van der Waals surface area contributed by atoms with E-state index in [-0.39, 0.29) is 19.3 Å². The standard InChI is InChI=1S/C33H60N10O11/c1-6-16(3)25(42-27(47)18(5)38-29(49)20(10-8-9-13-34)39-28(48)19(35)14-24(37)46)32(52)41-22(15-44)31(51)40-21(11-12-23(36)45)30(50)43-26(33(53)54)17(4)7-2/h16-22,25-26,44H,6-15,34-35H2,1-5H3,(H2,36,45)(H2,37,46)(H,38,49)(H,39,48)(H,40,51)(H,41,52)(H,42,47)(H,43,50)(H,53,54)/t16-,17-,18-,19-,20-,21-,22-,25-,26-/m0/s1. The molecule has 0 rings (SSSR count). The van der Waals surface area contributed by atoms with Crippen molar-refractivity contribution in [3.8, 4) is 0 Å². The summed E-state index contributed by atoms with van der Waals surface area (Å²) in [6, 6.07) is -9.47. The van der Waals surface area contributed by atoms with Gasteiger partial charge in [-0.25, -0.2) is 4.79 Å². The van der Waals surface area contributed by atoms with Gasteiger partial charge < -0.3 is 65.0 Å². The number of carboxylic acids is 1. The van der Waals surface area contributed by atoms with Crippen LogP contribution in [0.1, 0.15) is 86.0 Å². The van der Waals surface area contributed by atoms with E-state index in [9.17, 15) is 53.4 Å². The molecule has 0 aromatic heterocycles. The summed E-state index contributed by atoms with van der Waals surface area (Å²) < 4.78 is 0. The lowest BCUT2D eigenvalue weighted by Crippen LogP contribution is -2.61. The predicted molar refractivity (Wildman–Crippen MR) is 194 cm³/mol. The Balaban J connectivity index is 5.91. The Morgan fingerprint density at radius 3 is 1.57 bits per heavy atom. The molecule has 0 saturated carbocycles. The maximum Gasteiger partial charge on any atom is 0.326 e. The summed E-state index contributed by atoms with van der Waals surface area (Å²) in [5.74, 6) is -9.26. The molecule has 16 N–H and O–H groups in total. The third kappa shape index (κ3) is 17.8. The number of nitrogens with one attached hydrogen (secondary N) is 6. The Labute approximate surface area is 314 Å². The van der Waals surface area contributed by atoms with Crippen molar-refractivity contribution in [3.63, 3.8) is 0 Å². The van der Waals surface area contributed by atoms with Gasteiger partial charge in [-0.15, -0.1) is 0 Å². The highest BCUT2D eigenvalue weighted by Crippen LogP contribution is 2.11. The first-order chi connectivity index (χ1) is 25.2. The van der Waals surface area contributed by atoms with Crippen molar-refractivity contribution < 1.29 is 53.4 Å². The van der Waals surface area contributed by atoms with Crippen molar-refractivity contribution in [1.82, 2.24) is 31.9 Å². The highest BCUT2D eigenvalue weighted by atomic mass is 16.4. The van der Waals surface area contributed by atoms with Crippen LogP contribution in [0.25, 0.3) is 0 Å². The van der Waals surface area contributed by atoms with Crippen molar-refractivity contribution >= 4 is 53.2 Å². The zero-order valence-electron chi connectivity index (χ0n) is 31.6. The van der Waals surface area contributed by atoms with Gasteiger partial charge in [0.25, 0.3) is 0 Å². The molecule has 0 saturated heterocycles. The van der Waals surface area contributed by atoms with E-state index in [1.165, 1.54) is 6.92 Å². The van der Waals surface area contributed by atoms with Crippen LogP contribution in [0.5, 0.6) is 0 Å². The van der Waals surface area contributed by atoms with Crippen molar-refractivity contribution in [1.29, 1.82) is 0 Å². The van der Waals surface area contributed by atoms with Crippen LogP contribution in [0.4, 0.5) is 0 Å². The van der Waals surface area contributed by atoms with Crippen LogP contribution in [0.15, 0.2) is 0 Å². The number of nitrogens with two attached hydrogens (primary N) is 4. The number of carbonyl (C=O) groups excluding carboxylic acids is 8. The van der Waals surface area contributed by atoms with Gasteiger partial charge in [0.15, 0.2) is 0 Å². The number of carboxylic acid groups (broad SMARTS) is 1. The van der Waals surface area contributed by atoms with Crippen molar-refractivity contribution in [3.05, 3.63) is 0 Å². The summed E-state index contributed by atoms with van der Waals surface area (Å²) in [7, 11) is 0. The molecule has 0 unspecified atom stereocenters. The highest BCUT2D eigenvalue weighted by Gasteiger charge is 2.35. The second-order valence-corrected chi connectivity index (χ2v) is 13.2. The number of hydrogen-bond donors (Lipinski definition) is 12. The predicted octanol–water partition coefficient (Wildman–Crippen LogP) is -4.32. The van der Waals surface area contributed by atoms with Crippen LogP contribution in [0.3, 0.4) is 0 Å². The minimum absolute atomic E-state index is 0.123. The van der Waals surface area contributed by atoms with E-state index in [2.05, 4.69) is 31.9 Å². The fourth-order valence-electron chi connectivity index (χ4n) is 4.93. The Morgan fingerprint density at radius 2 is 1.07 bits per heavy atom. The van der Waals surface area contributed by atoms with Gasteiger partial charge >= 0.3 is 5.97 Å². The Kier molecular flexibility index (Phi) is 22.9. The molecular formula is C33H60N10O11. The first-order valence-corrected chi connectivity index (χ1v) is 17.9. The zero-order chi connectivity index (χ0) is 41.7. The molecule has 0 spiro atoms.